The fourth-order valence-corrected chi connectivity index (χ4v) is 4.75. The molecule has 0 radical (unpaired) electrons. The van der Waals surface area contributed by atoms with Crippen molar-refractivity contribution in [2.45, 2.75) is 51.4 Å². The fraction of sp³-hybridized carbons (Fsp3) is 0.393. The van der Waals surface area contributed by atoms with Crippen LogP contribution in [0.5, 0.6) is 0 Å². The Labute approximate surface area is 230 Å². The molecule has 0 saturated heterocycles. The van der Waals surface area contributed by atoms with Crippen LogP contribution in [0.15, 0.2) is 42.5 Å². The van der Waals surface area contributed by atoms with Gasteiger partial charge in [-0.3, -0.25) is 14.7 Å². The van der Waals surface area contributed by atoms with Crippen LogP contribution in [0.1, 0.15) is 56.5 Å². The molecule has 1 aromatic carbocycles. The van der Waals surface area contributed by atoms with E-state index in [0.29, 0.717) is 51.3 Å². The lowest BCUT2D eigenvalue weighted by molar-refractivity contribution is -0.195. The highest BCUT2D eigenvalue weighted by atomic mass is 19.4. The molecule has 0 amide bonds. The maximum absolute atomic E-state index is 13.8. The number of alkyl halides is 3. The van der Waals surface area contributed by atoms with Gasteiger partial charge in [-0.05, 0) is 36.5 Å². The van der Waals surface area contributed by atoms with Crippen molar-refractivity contribution in [2.24, 2.45) is 12.5 Å². The van der Waals surface area contributed by atoms with E-state index in [4.69, 9.17) is 6.42 Å². The summed E-state index contributed by atoms with van der Waals surface area (Å²) >= 11 is 0. The summed E-state index contributed by atoms with van der Waals surface area (Å²) in [5, 5.41) is 22.8. The number of pyridine rings is 1. The molecule has 5 rings (SSSR count). The number of hydrazine groups is 2. The number of anilines is 2. The van der Waals surface area contributed by atoms with Crippen LogP contribution in [0.3, 0.4) is 0 Å². The van der Waals surface area contributed by atoms with Gasteiger partial charge in [0, 0.05) is 43.3 Å². The minimum atomic E-state index is -4.39. The summed E-state index contributed by atoms with van der Waals surface area (Å²) < 4.78 is 43.0. The van der Waals surface area contributed by atoms with Crippen molar-refractivity contribution in [1.82, 2.24) is 30.7 Å². The van der Waals surface area contributed by atoms with E-state index < -0.39 is 17.8 Å². The Bertz CT molecular complexity index is 1560. The number of halogens is 3. The van der Waals surface area contributed by atoms with Crippen LogP contribution >= 0.6 is 0 Å². The van der Waals surface area contributed by atoms with Crippen LogP contribution < -0.4 is 21.6 Å². The van der Waals surface area contributed by atoms with E-state index in [1.165, 1.54) is 6.20 Å². The van der Waals surface area contributed by atoms with Crippen molar-refractivity contribution >= 4 is 22.3 Å². The minimum absolute atomic E-state index is 0.00379. The second-order valence-corrected chi connectivity index (χ2v) is 11.3. The van der Waals surface area contributed by atoms with Gasteiger partial charge in [0.15, 0.2) is 5.54 Å². The first kappa shape index (κ1) is 27.2. The molecule has 2 aliphatic rings. The largest absolute Gasteiger partial charge is 0.413 e. The fourth-order valence-electron chi connectivity index (χ4n) is 4.75. The molecule has 0 bridgehead atoms. The number of hydrogen-bond donors (Lipinski definition) is 4. The van der Waals surface area contributed by atoms with Gasteiger partial charge >= 0.3 is 6.18 Å². The number of aryl methyl sites for hydroxylation is 1. The Balaban J connectivity index is 1.58. The van der Waals surface area contributed by atoms with Crippen molar-refractivity contribution in [3.8, 4) is 18.4 Å². The Morgan fingerprint density at radius 3 is 2.55 bits per heavy atom. The molecule has 40 heavy (non-hydrogen) atoms. The van der Waals surface area contributed by atoms with Gasteiger partial charge in [0.25, 0.3) is 0 Å². The van der Waals surface area contributed by atoms with E-state index in [-0.39, 0.29) is 18.3 Å². The van der Waals surface area contributed by atoms with Gasteiger partial charge in [-0.15, -0.1) is 12.0 Å². The van der Waals surface area contributed by atoms with Crippen LogP contribution in [0, 0.1) is 29.1 Å². The molecule has 0 spiro atoms. The molecule has 3 aromatic rings. The number of nitrogens with zero attached hydrogens (tertiary/aromatic N) is 5. The lowest BCUT2D eigenvalue weighted by Crippen LogP contribution is -2.52. The molecule has 208 valence electrons. The molecule has 9 nitrogen and oxygen atoms in total. The van der Waals surface area contributed by atoms with Crippen molar-refractivity contribution in [2.75, 3.05) is 17.2 Å². The van der Waals surface area contributed by atoms with Gasteiger partial charge in [-0.1, -0.05) is 26.7 Å². The van der Waals surface area contributed by atoms with Gasteiger partial charge in [0.1, 0.15) is 12.1 Å². The summed E-state index contributed by atoms with van der Waals surface area (Å²) in [6, 6.07) is 6.87. The molecule has 1 fully saturated rings. The normalized spacial score (nSPS) is 17.0. The van der Waals surface area contributed by atoms with E-state index >= 15 is 0 Å². The third kappa shape index (κ3) is 4.87. The number of rotatable bonds is 7. The van der Waals surface area contributed by atoms with Crippen molar-refractivity contribution in [3.63, 3.8) is 0 Å². The molecule has 0 unspecified atom stereocenters. The van der Waals surface area contributed by atoms with Crippen LogP contribution in [-0.4, -0.2) is 38.0 Å². The van der Waals surface area contributed by atoms with E-state index in [2.05, 4.69) is 64.4 Å². The quantitative estimate of drug-likeness (QED) is 0.315. The zero-order valence-electron chi connectivity index (χ0n) is 22.6. The summed E-state index contributed by atoms with van der Waals surface area (Å²) in [4.78, 5) is 4.46. The Morgan fingerprint density at radius 1 is 1.23 bits per heavy atom. The molecule has 2 aromatic heterocycles. The predicted molar refractivity (Wildman–Crippen MR) is 146 cm³/mol. The molecule has 1 aliphatic heterocycles. The third-order valence-electron chi connectivity index (χ3n) is 7.12. The lowest BCUT2D eigenvalue weighted by Gasteiger charge is -2.28. The van der Waals surface area contributed by atoms with Crippen LogP contribution in [-0.2, 0) is 7.05 Å². The summed E-state index contributed by atoms with van der Waals surface area (Å²) in [6.07, 6.45) is 6.03. The summed E-state index contributed by atoms with van der Waals surface area (Å²) in [5.74, 6) is 2.67. The van der Waals surface area contributed by atoms with Gasteiger partial charge in [0.05, 0.1) is 33.7 Å². The monoisotopic (exact) mass is 549 g/mol. The van der Waals surface area contributed by atoms with Crippen LogP contribution in [0.25, 0.3) is 10.9 Å². The maximum atomic E-state index is 13.8. The molecule has 1 aliphatic carbocycles. The van der Waals surface area contributed by atoms with E-state index in [1.54, 1.807) is 36.3 Å². The number of nitrogens with one attached hydrogen (secondary N) is 4. The number of benzene rings is 1. The SMILES string of the molecule is C#Cc1cnc2c(C#N)cc(N[C@H](C3=CN(C4(C(F)(F)F)CC4)NN3)c3ccnn3C)cc2c1NCC(C)(C)C. The van der Waals surface area contributed by atoms with Gasteiger partial charge in [-0.2, -0.15) is 23.5 Å². The highest BCUT2D eigenvalue weighted by Gasteiger charge is 2.67. The van der Waals surface area contributed by atoms with Gasteiger partial charge < -0.3 is 16.1 Å². The molecule has 12 heteroatoms. The number of terminal acetylenes is 1. The first-order valence-corrected chi connectivity index (χ1v) is 12.8. The Kier molecular flexibility index (Phi) is 6.55. The number of hydrogen-bond acceptors (Lipinski definition) is 8. The number of nitriles is 1. The van der Waals surface area contributed by atoms with Crippen LogP contribution in [0.2, 0.25) is 0 Å². The summed E-state index contributed by atoms with van der Waals surface area (Å²) in [5.41, 5.74) is 7.37. The van der Waals surface area contributed by atoms with Crippen molar-refractivity contribution in [1.29, 1.82) is 5.26 Å². The van der Waals surface area contributed by atoms with Gasteiger partial charge in [0.2, 0.25) is 0 Å². The van der Waals surface area contributed by atoms with E-state index in [9.17, 15) is 18.4 Å². The molecule has 3 heterocycles. The second-order valence-electron chi connectivity index (χ2n) is 11.3. The first-order valence-electron chi connectivity index (χ1n) is 12.8. The number of fused-ring (bicyclic) bond motifs is 1. The predicted octanol–water partition coefficient (Wildman–Crippen LogP) is 4.69. The Morgan fingerprint density at radius 2 is 1.98 bits per heavy atom. The standard InChI is InChI=1S/C28H30F3N9/c1-6-17-14-33-24-18(13-32)11-19(12-20(24)23(17)34-16-26(2,3)4)36-25(22-7-10-35-39(22)5)21-15-40(38-37-21)27(8-9-27)28(29,30)31/h1,7,10-12,14-15,25,36-38H,8-9,16H2,2-5H3,(H,33,34)/t25-/m1/s1. The summed E-state index contributed by atoms with van der Waals surface area (Å²) in [7, 11) is 1.75. The van der Waals surface area contributed by atoms with Gasteiger partial charge in [-0.25, -0.2) is 0 Å². The number of aromatic nitrogens is 3. The summed E-state index contributed by atoms with van der Waals surface area (Å²) in [6.45, 7) is 6.90. The zero-order chi connectivity index (χ0) is 28.9. The maximum Gasteiger partial charge on any atom is 0.413 e. The van der Waals surface area contributed by atoms with Crippen LogP contribution in [0.4, 0.5) is 24.5 Å². The van der Waals surface area contributed by atoms with Crippen molar-refractivity contribution in [3.05, 3.63) is 59.3 Å². The first-order chi connectivity index (χ1) is 18.9. The average molecular weight is 550 g/mol. The Hall–Kier alpha value is -4.42. The molecule has 1 saturated carbocycles. The van der Waals surface area contributed by atoms with Crippen molar-refractivity contribution < 1.29 is 13.2 Å². The smallest absolute Gasteiger partial charge is 0.383 e. The molecule has 4 N–H and O–H groups in total. The van der Waals surface area contributed by atoms with E-state index in [1.807, 2.05) is 6.07 Å². The van der Waals surface area contributed by atoms with E-state index in [0.717, 1.165) is 5.01 Å². The molecular formula is C28H30F3N9. The zero-order valence-corrected chi connectivity index (χ0v) is 22.6. The topological polar surface area (TPSA) is 106 Å². The lowest BCUT2D eigenvalue weighted by atomic mass is 9.96. The molecule has 1 atom stereocenters. The highest BCUT2D eigenvalue weighted by molar-refractivity contribution is 5.99. The third-order valence-corrected chi connectivity index (χ3v) is 7.12. The molecular weight excluding hydrogens is 519 g/mol. The second kappa shape index (κ2) is 9.65. The highest BCUT2D eigenvalue weighted by Crippen LogP contribution is 2.53. The minimum Gasteiger partial charge on any atom is -0.383 e. The average Bonchev–Trinajstić information content (AvgIpc) is 3.39.